The van der Waals surface area contributed by atoms with Gasteiger partial charge in [-0.2, -0.15) is 0 Å². The number of rotatable bonds is 8. The van der Waals surface area contributed by atoms with Crippen LogP contribution in [0.25, 0.3) is 0 Å². The summed E-state index contributed by atoms with van der Waals surface area (Å²) in [6, 6.07) is 8.26. The minimum atomic E-state index is -0.756. The Morgan fingerprint density at radius 1 is 1.32 bits per heavy atom. The Morgan fingerprint density at radius 3 is 2.77 bits per heavy atom. The Hall–Kier alpha value is -2.98. The molecule has 2 heterocycles. The van der Waals surface area contributed by atoms with Gasteiger partial charge in [0, 0.05) is 11.9 Å². The van der Waals surface area contributed by atoms with Gasteiger partial charge in [0.2, 0.25) is 0 Å². The molecule has 2 aromatic rings. The summed E-state index contributed by atoms with van der Waals surface area (Å²) in [5, 5.41) is 6.05. The minimum absolute atomic E-state index is 0.110. The summed E-state index contributed by atoms with van der Waals surface area (Å²) in [5.74, 6) is -0.473. The van der Waals surface area contributed by atoms with Crippen molar-refractivity contribution in [3.8, 4) is 0 Å². The van der Waals surface area contributed by atoms with Gasteiger partial charge in [-0.15, -0.1) is 11.3 Å². The average Bonchev–Trinajstić information content (AvgIpc) is 3.36. The van der Waals surface area contributed by atoms with Gasteiger partial charge in [-0.05, 0) is 24.3 Å². The van der Waals surface area contributed by atoms with Crippen LogP contribution in [0.4, 0.5) is 4.79 Å². The Kier molecular flexibility index (Phi) is 7.59. The summed E-state index contributed by atoms with van der Waals surface area (Å²) in [6.07, 6.45) is 0.451. The molecule has 0 radical (unpaired) electrons. The van der Waals surface area contributed by atoms with Crippen molar-refractivity contribution in [2.45, 2.75) is 45.4 Å². The van der Waals surface area contributed by atoms with Crippen molar-refractivity contribution in [1.29, 1.82) is 0 Å². The molecule has 1 aliphatic rings. The van der Waals surface area contributed by atoms with Crippen LogP contribution >= 0.6 is 11.3 Å². The zero-order valence-corrected chi connectivity index (χ0v) is 18.4. The average molecular weight is 446 g/mol. The van der Waals surface area contributed by atoms with Crippen molar-refractivity contribution in [2.24, 2.45) is 11.7 Å². The van der Waals surface area contributed by atoms with Crippen LogP contribution in [0, 0.1) is 5.92 Å². The highest BCUT2D eigenvalue weighted by Gasteiger charge is 2.34. The molecule has 1 aromatic carbocycles. The highest BCUT2D eigenvalue weighted by molar-refractivity contribution is 7.09. The summed E-state index contributed by atoms with van der Waals surface area (Å²) < 4.78 is 5.15. The van der Waals surface area contributed by atoms with E-state index in [1.54, 1.807) is 5.38 Å². The Morgan fingerprint density at radius 2 is 2.06 bits per heavy atom. The monoisotopic (exact) mass is 445 g/mol. The molecule has 0 unspecified atom stereocenters. The maximum Gasteiger partial charge on any atom is 0.408 e. The molecule has 4 N–H and O–H groups in total. The van der Waals surface area contributed by atoms with Crippen LogP contribution in [0.3, 0.4) is 0 Å². The number of carbonyl (C=O) groups is 3. The number of thiazole rings is 1. The molecule has 10 heteroatoms. The molecule has 1 aromatic heterocycles. The summed E-state index contributed by atoms with van der Waals surface area (Å²) in [7, 11) is 0. The number of nitrogens with two attached hydrogens (primary N) is 1. The molecule has 166 valence electrons. The second-order valence-corrected chi connectivity index (χ2v) is 8.67. The fraction of sp³-hybridized carbons (Fsp3) is 0.429. The molecule has 31 heavy (non-hydrogen) atoms. The Labute approximate surface area is 184 Å². The third-order valence-corrected chi connectivity index (χ3v) is 5.72. The lowest BCUT2D eigenvalue weighted by molar-refractivity contribution is -0.131. The molecule has 1 saturated heterocycles. The van der Waals surface area contributed by atoms with E-state index in [0.717, 1.165) is 12.0 Å². The van der Waals surface area contributed by atoms with E-state index in [-0.39, 0.29) is 24.9 Å². The van der Waals surface area contributed by atoms with Crippen molar-refractivity contribution in [3.05, 3.63) is 52.0 Å². The summed E-state index contributed by atoms with van der Waals surface area (Å²) in [5.41, 5.74) is 9.74. The number of ether oxygens (including phenoxy) is 1. The molecule has 1 aliphatic heterocycles. The number of hydrogen-bond acceptors (Lipinski definition) is 7. The first kappa shape index (κ1) is 22.7. The molecular weight excluding hydrogens is 418 g/mol. The van der Waals surface area contributed by atoms with Crippen molar-refractivity contribution in [1.82, 2.24) is 20.7 Å². The summed E-state index contributed by atoms with van der Waals surface area (Å²) in [4.78, 5) is 41.3. The van der Waals surface area contributed by atoms with E-state index >= 15 is 0 Å². The van der Waals surface area contributed by atoms with Crippen molar-refractivity contribution in [3.63, 3.8) is 0 Å². The van der Waals surface area contributed by atoms with E-state index in [4.69, 9.17) is 10.5 Å². The highest BCUT2D eigenvalue weighted by Crippen LogP contribution is 2.22. The predicted octanol–water partition coefficient (Wildman–Crippen LogP) is 2.36. The van der Waals surface area contributed by atoms with Gasteiger partial charge in [-0.1, -0.05) is 44.2 Å². The van der Waals surface area contributed by atoms with Gasteiger partial charge in [0.05, 0.1) is 6.04 Å². The van der Waals surface area contributed by atoms with Gasteiger partial charge in [0.1, 0.15) is 23.4 Å². The second kappa shape index (κ2) is 10.4. The molecule has 1 fully saturated rings. The number of nitrogens with one attached hydrogen (secondary N) is 2. The van der Waals surface area contributed by atoms with Crippen LogP contribution in [-0.4, -0.2) is 40.5 Å². The van der Waals surface area contributed by atoms with Crippen LogP contribution in [-0.2, 0) is 16.1 Å². The number of hydrazine groups is 1. The van der Waals surface area contributed by atoms with E-state index in [1.807, 2.05) is 30.3 Å². The van der Waals surface area contributed by atoms with Crippen LogP contribution in [0.15, 0.2) is 35.7 Å². The summed E-state index contributed by atoms with van der Waals surface area (Å²) in [6.45, 7) is 4.53. The van der Waals surface area contributed by atoms with Crippen molar-refractivity contribution >= 4 is 29.2 Å². The SMILES string of the molecule is CC(C)C[C@H](N)c1nc(C(=O)NN2CC[C@@H](NC(=O)OCc3ccccc3)C2=O)cs1. The molecule has 9 nitrogen and oxygen atoms in total. The molecule has 0 spiro atoms. The van der Waals surface area contributed by atoms with Gasteiger partial charge in [-0.3, -0.25) is 20.0 Å². The van der Waals surface area contributed by atoms with Crippen LogP contribution < -0.4 is 16.5 Å². The zero-order valence-electron chi connectivity index (χ0n) is 17.5. The van der Waals surface area contributed by atoms with Gasteiger partial charge in [0.15, 0.2) is 0 Å². The lowest BCUT2D eigenvalue weighted by Gasteiger charge is -2.17. The normalized spacial score (nSPS) is 17.0. The number of carbonyl (C=O) groups excluding carboxylic acids is 3. The molecule has 0 bridgehead atoms. The number of aromatic nitrogens is 1. The molecule has 3 amide bonds. The highest BCUT2D eigenvalue weighted by atomic mass is 32.1. The van der Waals surface area contributed by atoms with Gasteiger partial charge in [-0.25, -0.2) is 9.78 Å². The van der Waals surface area contributed by atoms with E-state index in [1.165, 1.54) is 16.3 Å². The first-order valence-corrected chi connectivity index (χ1v) is 11.0. The predicted molar refractivity (Wildman–Crippen MR) is 116 cm³/mol. The molecular formula is C21H27N5O4S. The summed E-state index contributed by atoms with van der Waals surface area (Å²) >= 11 is 1.33. The molecule has 0 saturated carbocycles. The first-order chi connectivity index (χ1) is 14.8. The second-order valence-electron chi connectivity index (χ2n) is 7.79. The van der Waals surface area contributed by atoms with Gasteiger partial charge in [0.25, 0.3) is 11.8 Å². The van der Waals surface area contributed by atoms with Crippen molar-refractivity contribution < 1.29 is 19.1 Å². The lowest BCUT2D eigenvalue weighted by atomic mass is 10.1. The maximum atomic E-state index is 12.5. The zero-order chi connectivity index (χ0) is 22.4. The lowest BCUT2D eigenvalue weighted by Crippen LogP contribution is -2.48. The Bertz CT molecular complexity index is 918. The van der Waals surface area contributed by atoms with Crippen LogP contribution in [0.5, 0.6) is 0 Å². The topological polar surface area (TPSA) is 127 Å². The number of nitrogens with zero attached hydrogens (tertiary/aromatic N) is 2. The number of hydrogen-bond donors (Lipinski definition) is 3. The third kappa shape index (κ3) is 6.25. The smallest absolute Gasteiger partial charge is 0.408 e. The van der Waals surface area contributed by atoms with E-state index < -0.39 is 23.9 Å². The molecule has 0 aliphatic carbocycles. The van der Waals surface area contributed by atoms with Gasteiger partial charge >= 0.3 is 6.09 Å². The Balaban J connectivity index is 1.48. The molecule has 2 atom stereocenters. The first-order valence-electron chi connectivity index (χ1n) is 10.1. The molecule has 3 rings (SSSR count). The standard InChI is InChI=1S/C21H27N5O4S/c1-13(2)10-15(22)19-23-17(12-31-19)18(27)25-26-9-8-16(20(26)28)24-21(29)30-11-14-6-4-3-5-7-14/h3-7,12-13,15-16H,8-11,22H2,1-2H3,(H,24,29)(H,25,27)/t15-,16+/m0/s1. The minimum Gasteiger partial charge on any atom is -0.445 e. The number of alkyl carbamates (subject to hydrolysis) is 1. The van der Waals surface area contributed by atoms with E-state index in [0.29, 0.717) is 17.3 Å². The van der Waals surface area contributed by atoms with Crippen molar-refractivity contribution in [2.75, 3.05) is 6.54 Å². The third-order valence-electron chi connectivity index (χ3n) is 4.74. The van der Waals surface area contributed by atoms with E-state index in [2.05, 4.69) is 29.6 Å². The fourth-order valence-electron chi connectivity index (χ4n) is 3.18. The van der Waals surface area contributed by atoms with Gasteiger partial charge < -0.3 is 15.8 Å². The number of amides is 3. The number of benzene rings is 1. The van der Waals surface area contributed by atoms with E-state index in [9.17, 15) is 14.4 Å². The maximum absolute atomic E-state index is 12.5. The quantitative estimate of drug-likeness (QED) is 0.573. The van der Waals surface area contributed by atoms with Crippen LogP contribution in [0.1, 0.15) is 53.8 Å². The fourth-order valence-corrected chi connectivity index (χ4v) is 4.00. The largest absolute Gasteiger partial charge is 0.445 e. The van der Waals surface area contributed by atoms with Crippen LogP contribution in [0.2, 0.25) is 0 Å².